The molecular formula is C9H15NO. The van der Waals surface area contributed by atoms with Crippen LogP contribution < -0.4 is 5.32 Å². The lowest BCUT2D eigenvalue weighted by molar-refractivity contribution is -0.107. The van der Waals surface area contributed by atoms with Gasteiger partial charge in [-0.05, 0) is 19.4 Å². The molecule has 1 N–H and O–H groups in total. The Morgan fingerprint density at radius 2 is 2.00 bits per heavy atom. The Hall–Kier alpha value is -1.05. The molecule has 0 saturated heterocycles. The van der Waals surface area contributed by atoms with Crippen LogP contribution >= 0.6 is 0 Å². The summed E-state index contributed by atoms with van der Waals surface area (Å²) in [5.74, 6) is 0. The highest BCUT2D eigenvalue weighted by molar-refractivity contribution is 5.57. The molecule has 2 heteroatoms. The predicted molar refractivity (Wildman–Crippen MR) is 47.3 cm³/mol. The summed E-state index contributed by atoms with van der Waals surface area (Å²) in [7, 11) is 1.85. The summed E-state index contributed by atoms with van der Waals surface area (Å²) < 4.78 is 0. The van der Waals surface area contributed by atoms with E-state index < -0.39 is 0 Å². The highest BCUT2D eigenvalue weighted by Gasteiger charge is 1.98. The Labute approximate surface area is 68.0 Å². The van der Waals surface area contributed by atoms with Crippen LogP contribution in [0.1, 0.15) is 20.3 Å². The van der Waals surface area contributed by atoms with Crippen LogP contribution in [0.15, 0.2) is 23.4 Å². The quantitative estimate of drug-likeness (QED) is 0.491. The van der Waals surface area contributed by atoms with Gasteiger partial charge in [-0.15, -0.1) is 0 Å². The number of allylic oxidation sites excluding steroid dienone is 3. The molecule has 0 aromatic heterocycles. The van der Waals surface area contributed by atoms with E-state index >= 15 is 0 Å². The van der Waals surface area contributed by atoms with Crippen molar-refractivity contribution in [3.8, 4) is 0 Å². The van der Waals surface area contributed by atoms with Gasteiger partial charge >= 0.3 is 0 Å². The number of hydrogen-bond acceptors (Lipinski definition) is 2. The fourth-order valence-corrected chi connectivity index (χ4v) is 0.963. The van der Waals surface area contributed by atoms with Crippen LogP contribution in [-0.4, -0.2) is 13.3 Å². The maximum absolute atomic E-state index is 10.2. The zero-order chi connectivity index (χ0) is 8.69. The van der Waals surface area contributed by atoms with Crippen LogP contribution in [0.3, 0.4) is 0 Å². The molecule has 0 fully saturated rings. The number of hydrogen-bond donors (Lipinski definition) is 1. The SMILES string of the molecule is C/C=C(CC=O)\C(=C/C)NC. The summed E-state index contributed by atoms with van der Waals surface area (Å²) in [5, 5.41) is 3.02. The second-order valence-electron chi connectivity index (χ2n) is 2.14. The van der Waals surface area contributed by atoms with Crippen molar-refractivity contribution in [1.29, 1.82) is 0 Å². The van der Waals surface area contributed by atoms with Gasteiger partial charge in [-0.25, -0.2) is 0 Å². The van der Waals surface area contributed by atoms with Crippen molar-refractivity contribution in [3.63, 3.8) is 0 Å². The molecule has 0 spiro atoms. The lowest BCUT2D eigenvalue weighted by atomic mass is 10.1. The molecule has 0 aromatic rings. The molecule has 0 aliphatic heterocycles. The van der Waals surface area contributed by atoms with Gasteiger partial charge in [0.05, 0.1) is 0 Å². The van der Waals surface area contributed by atoms with Crippen LogP contribution in [0.4, 0.5) is 0 Å². The smallest absolute Gasteiger partial charge is 0.124 e. The molecule has 62 valence electrons. The van der Waals surface area contributed by atoms with Crippen LogP contribution in [-0.2, 0) is 4.79 Å². The Bertz CT molecular complexity index is 180. The molecule has 0 rings (SSSR count). The number of nitrogens with one attached hydrogen (secondary N) is 1. The van der Waals surface area contributed by atoms with Crippen LogP contribution in [0.25, 0.3) is 0 Å². The van der Waals surface area contributed by atoms with E-state index in [0.29, 0.717) is 6.42 Å². The highest BCUT2D eigenvalue weighted by atomic mass is 16.1. The fraction of sp³-hybridized carbons (Fsp3) is 0.444. The average Bonchev–Trinajstić information content (AvgIpc) is 2.05. The van der Waals surface area contributed by atoms with Crippen LogP contribution in [0.2, 0.25) is 0 Å². The number of carbonyl (C=O) groups is 1. The Morgan fingerprint density at radius 3 is 2.27 bits per heavy atom. The second-order valence-corrected chi connectivity index (χ2v) is 2.14. The van der Waals surface area contributed by atoms with Gasteiger partial charge in [-0.2, -0.15) is 0 Å². The molecule has 0 heterocycles. The zero-order valence-electron chi connectivity index (χ0n) is 7.35. The second kappa shape index (κ2) is 5.71. The first kappa shape index (κ1) is 9.95. The first-order valence-corrected chi connectivity index (χ1v) is 3.73. The largest absolute Gasteiger partial charge is 0.388 e. The van der Waals surface area contributed by atoms with Gasteiger partial charge in [-0.1, -0.05) is 12.2 Å². The van der Waals surface area contributed by atoms with Crippen LogP contribution in [0, 0.1) is 0 Å². The minimum atomic E-state index is 0.483. The van der Waals surface area contributed by atoms with Gasteiger partial charge in [0, 0.05) is 19.2 Å². The van der Waals surface area contributed by atoms with E-state index in [-0.39, 0.29) is 0 Å². The Balaban J connectivity index is 4.36. The molecule has 0 aliphatic carbocycles. The molecule has 0 atom stereocenters. The highest BCUT2D eigenvalue weighted by Crippen LogP contribution is 2.08. The van der Waals surface area contributed by atoms with E-state index in [2.05, 4.69) is 5.32 Å². The van der Waals surface area contributed by atoms with Crippen molar-refractivity contribution in [2.75, 3.05) is 7.05 Å². The summed E-state index contributed by atoms with van der Waals surface area (Å²) in [5.41, 5.74) is 2.07. The molecule has 11 heavy (non-hydrogen) atoms. The van der Waals surface area contributed by atoms with E-state index in [1.165, 1.54) is 0 Å². The molecule has 0 bridgehead atoms. The molecule has 2 nitrogen and oxygen atoms in total. The van der Waals surface area contributed by atoms with Crippen molar-refractivity contribution in [2.45, 2.75) is 20.3 Å². The van der Waals surface area contributed by atoms with Crippen molar-refractivity contribution in [1.82, 2.24) is 5.32 Å². The number of aldehydes is 1. The van der Waals surface area contributed by atoms with Gasteiger partial charge < -0.3 is 10.1 Å². The van der Waals surface area contributed by atoms with E-state index in [1.807, 2.05) is 33.0 Å². The standard InChI is InChI=1S/C9H15NO/c1-4-8(6-7-11)9(5-2)10-3/h4-5,7,10H,6H2,1-3H3/b8-4-,9-5+. The lowest BCUT2D eigenvalue weighted by Gasteiger charge is -2.07. The maximum atomic E-state index is 10.2. The molecule has 0 aromatic carbocycles. The number of carbonyl (C=O) groups excluding carboxylic acids is 1. The van der Waals surface area contributed by atoms with Gasteiger partial charge in [0.1, 0.15) is 6.29 Å². The third kappa shape index (κ3) is 3.03. The molecule has 0 amide bonds. The Kier molecular flexibility index (Phi) is 5.17. The molecular weight excluding hydrogens is 138 g/mol. The lowest BCUT2D eigenvalue weighted by Crippen LogP contribution is -2.08. The van der Waals surface area contributed by atoms with Gasteiger partial charge in [-0.3, -0.25) is 0 Å². The van der Waals surface area contributed by atoms with Crippen molar-refractivity contribution in [2.24, 2.45) is 0 Å². The van der Waals surface area contributed by atoms with Crippen molar-refractivity contribution in [3.05, 3.63) is 23.4 Å². The third-order valence-corrected chi connectivity index (χ3v) is 1.56. The van der Waals surface area contributed by atoms with E-state index in [4.69, 9.17) is 0 Å². The average molecular weight is 153 g/mol. The minimum absolute atomic E-state index is 0.483. The predicted octanol–water partition coefficient (Wildman–Crippen LogP) is 1.64. The maximum Gasteiger partial charge on any atom is 0.124 e. The molecule has 0 radical (unpaired) electrons. The summed E-state index contributed by atoms with van der Waals surface area (Å²) in [4.78, 5) is 10.2. The normalized spacial score (nSPS) is 13.0. The molecule has 0 saturated carbocycles. The van der Waals surface area contributed by atoms with E-state index in [0.717, 1.165) is 17.6 Å². The van der Waals surface area contributed by atoms with Gasteiger partial charge in [0.25, 0.3) is 0 Å². The monoisotopic (exact) mass is 153 g/mol. The number of rotatable bonds is 4. The van der Waals surface area contributed by atoms with Gasteiger partial charge in [0.2, 0.25) is 0 Å². The topological polar surface area (TPSA) is 29.1 Å². The van der Waals surface area contributed by atoms with Crippen molar-refractivity contribution >= 4 is 6.29 Å². The first-order chi connectivity index (χ1) is 5.29. The van der Waals surface area contributed by atoms with Gasteiger partial charge in [0.15, 0.2) is 0 Å². The zero-order valence-corrected chi connectivity index (χ0v) is 7.35. The summed E-state index contributed by atoms with van der Waals surface area (Å²) in [6, 6.07) is 0. The molecule has 0 unspecified atom stereocenters. The number of likely N-dealkylation sites (N-methyl/N-ethyl adjacent to an activating group) is 1. The molecule has 0 aliphatic rings. The first-order valence-electron chi connectivity index (χ1n) is 3.73. The van der Waals surface area contributed by atoms with Crippen molar-refractivity contribution < 1.29 is 4.79 Å². The van der Waals surface area contributed by atoms with E-state index in [9.17, 15) is 4.79 Å². The summed E-state index contributed by atoms with van der Waals surface area (Å²) >= 11 is 0. The van der Waals surface area contributed by atoms with Crippen LogP contribution in [0.5, 0.6) is 0 Å². The fourth-order valence-electron chi connectivity index (χ4n) is 0.963. The third-order valence-electron chi connectivity index (χ3n) is 1.56. The summed E-state index contributed by atoms with van der Waals surface area (Å²) in [6.45, 7) is 3.87. The minimum Gasteiger partial charge on any atom is -0.388 e. The summed E-state index contributed by atoms with van der Waals surface area (Å²) in [6.07, 6.45) is 5.30. The Morgan fingerprint density at radius 1 is 1.36 bits per heavy atom. The van der Waals surface area contributed by atoms with E-state index in [1.54, 1.807) is 0 Å².